The van der Waals surface area contributed by atoms with Gasteiger partial charge in [0.1, 0.15) is 11.6 Å². The molecule has 0 aliphatic rings. The van der Waals surface area contributed by atoms with Gasteiger partial charge in [-0.15, -0.1) is 0 Å². The fourth-order valence-corrected chi connectivity index (χ4v) is 2.89. The average molecular weight is 305 g/mol. The molecule has 0 spiro atoms. The van der Waals surface area contributed by atoms with Gasteiger partial charge in [-0.25, -0.2) is 4.98 Å². The number of anilines is 2. The number of aromatic nitrogens is 3. The van der Waals surface area contributed by atoms with Crippen LogP contribution >= 0.6 is 0 Å². The van der Waals surface area contributed by atoms with E-state index in [4.69, 9.17) is 11.5 Å². The van der Waals surface area contributed by atoms with Gasteiger partial charge in [0.15, 0.2) is 0 Å². The summed E-state index contributed by atoms with van der Waals surface area (Å²) in [6.07, 6.45) is 2.01. The highest BCUT2D eigenvalue weighted by Gasteiger charge is 2.11. The molecule has 4 rings (SSSR count). The van der Waals surface area contributed by atoms with Crippen LogP contribution in [0.15, 0.2) is 48.7 Å². The van der Waals surface area contributed by atoms with Crippen molar-refractivity contribution >= 4 is 33.6 Å². The standard InChI is InChI=1S/C17H15N5O/c18-16-15-12-7-8-22(9-10-1-3-11(23)4-2-10)14(12)6-5-13(15)20-17(19)21-16/h1-8,23H,9H2,(H4,18,19,20,21). The Morgan fingerprint density at radius 3 is 2.52 bits per heavy atom. The second kappa shape index (κ2) is 4.88. The largest absolute Gasteiger partial charge is 0.508 e. The SMILES string of the molecule is Nc1nc(N)c2c(ccc3c2ccn3Cc2ccc(O)cc2)n1. The third-order valence-electron chi connectivity index (χ3n) is 3.95. The first-order chi connectivity index (χ1) is 11.1. The summed E-state index contributed by atoms with van der Waals surface area (Å²) in [4.78, 5) is 8.30. The lowest BCUT2D eigenvalue weighted by Crippen LogP contribution is -2.01. The van der Waals surface area contributed by atoms with Crippen molar-refractivity contribution in [1.82, 2.24) is 14.5 Å². The average Bonchev–Trinajstić information content (AvgIpc) is 2.92. The van der Waals surface area contributed by atoms with Gasteiger partial charge in [-0.3, -0.25) is 0 Å². The summed E-state index contributed by atoms with van der Waals surface area (Å²) in [6, 6.07) is 13.1. The lowest BCUT2D eigenvalue weighted by Gasteiger charge is -2.08. The van der Waals surface area contributed by atoms with Crippen LogP contribution in [0.3, 0.4) is 0 Å². The van der Waals surface area contributed by atoms with Crippen LogP contribution < -0.4 is 11.5 Å². The third-order valence-corrected chi connectivity index (χ3v) is 3.95. The number of hydrogen-bond donors (Lipinski definition) is 3. The zero-order chi connectivity index (χ0) is 16.0. The van der Waals surface area contributed by atoms with Gasteiger partial charge >= 0.3 is 0 Å². The number of nitrogens with zero attached hydrogens (tertiary/aromatic N) is 3. The molecule has 0 bridgehead atoms. The molecule has 114 valence electrons. The maximum Gasteiger partial charge on any atom is 0.222 e. The number of rotatable bonds is 2. The van der Waals surface area contributed by atoms with Crippen LogP contribution in [-0.2, 0) is 6.54 Å². The summed E-state index contributed by atoms with van der Waals surface area (Å²) in [5, 5.41) is 11.2. The van der Waals surface area contributed by atoms with Crippen molar-refractivity contribution in [2.24, 2.45) is 0 Å². The Hall–Kier alpha value is -3.28. The molecule has 5 N–H and O–H groups in total. The van der Waals surface area contributed by atoms with E-state index in [1.807, 2.05) is 36.5 Å². The summed E-state index contributed by atoms with van der Waals surface area (Å²) < 4.78 is 2.12. The molecule has 2 heterocycles. The van der Waals surface area contributed by atoms with E-state index in [1.165, 1.54) is 0 Å². The van der Waals surface area contributed by atoms with Gasteiger partial charge in [-0.2, -0.15) is 4.98 Å². The first kappa shape index (κ1) is 13.4. The number of phenols is 1. The zero-order valence-electron chi connectivity index (χ0n) is 12.3. The molecule has 0 saturated heterocycles. The van der Waals surface area contributed by atoms with Crippen LogP contribution in [0.5, 0.6) is 5.75 Å². The summed E-state index contributed by atoms with van der Waals surface area (Å²) in [6.45, 7) is 0.699. The monoisotopic (exact) mass is 305 g/mol. The Labute approximate surface area is 132 Å². The second-order valence-corrected chi connectivity index (χ2v) is 5.47. The van der Waals surface area contributed by atoms with Crippen molar-refractivity contribution in [2.75, 3.05) is 11.5 Å². The van der Waals surface area contributed by atoms with Gasteiger partial charge in [0.25, 0.3) is 0 Å². The molecule has 0 aliphatic heterocycles. The normalized spacial score (nSPS) is 11.3. The Morgan fingerprint density at radius 1 is 0.957 bits per heavy atom. The zero-order valence-corrected chi connectivity index (χ0v) is 12.3. The van der Waals surface area contributed by atoms with Gasteiger partial charge < -0.3 is 21.1 Å². The topological polar surface area (TPSA) is 103 Å². The van der Waals surface area contributed by atoms with E-state index in [0.717, 1.165) is 27.4 Å². The van der Waals surface area contributed by atoms with Crippen molar-refractivity contribution in [1.29, 1.82) is 0 Å². The van der Waals surface area contributed by atoms with E-state index >= 15 is 0 Å². The molecule has 23 heavy (non-hydrogen) atoms. The minimum atomic E-state index is 0.179. The minimum absolute atomic E-state index is 0.179. The lowest BCUT2D eigenvalue weighted by atomic mass is 10.1. The molecule has 0 saturated carbocycles. The maximum absolute atomic E-state index is 9.38. The number of nitrogens with two attached hydrogens (primary N) is 2. The van der Waals surface area contributed by atoms with Crippen LogP contribution in [0.1, 0.15) is 5.56 Å². The van der Waals surface area contributed by atoms with E-state index in [9.17, 15) is 5.11 Å². The molecule has 0 aliphatic carbocycles. The van der Waals surface area contributed by atoms with Crippen LogP contribution in [-0.4, -0.2) is 19.6 Å². The van der Waals surface area contributed by atoms with Crippen molar-refractivity contribution in [2.45, 2.75) is 6.54 Å². The van der Waals surface area contributed by atoms with E-state index in [1.54, 1.807) is 12.1 Å². The number of aromatic hydroxyl groups is 1. The predicted octanol–water partition coefficient (Wildman–Crippen LogP) is 2.50. The number of hydrogen-bond acceptors (Lipinski definition) is 5. The van der Waals surface area contributed by atoms with Crippen LogP contribution in [0.2, 0.25) is 0 Å². The Bertz CT molecular complexity index is 1020. The summed E-state index contributed by atoms with van der Waals surface area (Å²) in [7, 11) is 0. The van der Waals surface area contributed by atoms with Gasteiger partial charge in [0.05, 0.1) is 10.9 Å². The van der Waals surface area contributed by atoms with Gasteiger partial charge in [0.2, 0.25) is 5.95 Å². The van der Waals surface area contributed by atoms with Crippen LogP contribution in [0.4, 0.5) is 11.8 Å². The Balaban J connectivity index is 1.86. The molecule has 4 aromatic rings. The van der Waals surface area contributed by atoms with Gasteiger partial charge in [-0.1, -0.05) is 12.1 Å². The second-order valence-electron chi connectivity index (χ2n) is 5.47. The van der Waals surface area contributed by atoms with Crippen LogP contribution in [0, 0.1) is 0 Å². The van der Waals surface area contributed by atoms with Crippen LogP contribution in [0.25, 0.3) is 21.8 Å². The first-order valence-corrected chi connectivity index (χ1v) is 7.20. The Kier molecular flexibility index (Phi) is 2.84. The maximum atomic E-state index is 9.38. The molecule has 0 amide bonds. The van der Waals surface area contributed by atoms with E-state index in [0.29, 0.717) is 12.4 Å². The molecular weight excluding hydrogens is 290 g/mol. The van der Waals surface area contributed by atoms with Crippen molar-refractivity contribution in [3.63, 3.8) is 0 Å². The van der Waals surface area contributed by atoms with E-state index < -0.39 is 0 Å². The van der Waals surface area contributed by atoms with Gasteiger partial charge in [0, 0.05) is 23.6 Å². The summed E-state index contributed by atoms with van der Waals surface area (Å²) in [5.74, 6) is 0.831. The number of nitrogen functional groups attached to an aromatic ring is 2. The van der Waals surface area contributed by atoms with E-state index in [-0.39, 0.29) is 11.7 Å². The Morgan fingerprint density at radius 2 is 1.74 bits per heavy atom. The molecular formula is C17H15N5O. The van der Waals surface area contributed by atoms with Crippen molar-refractivity contribution < 1.29 is 5.11 Å². The number of phenolic OH excluding ortho intramolecular Hbond substituents is 1. The smallest absolute Gasteiger partial charge is 0.222 e. The van der Waals surface area contributed by atoms with Crippen molar-refractivity contribution in [3.8, 4) is 5.75 Å². The minimum Gasteiger partial charge on any atom is -0.508 e. The predicted molar refractivity (Wildman–Crippen MR) is 91.1 cm³/mol. The summed E-state index contributed by atoms with van der Waals surface area (Å²) in [5.41, 5.74) is 14.6. The molecule has 2 aromatic heterocycles. The highest BCUT2D eigenvalue weighted by molar-refractivity contribution is 6.10. The van der Waals surface area contributed by atoms with Crippen molar-refractivity contribution in [3.05, 3.63) is 54.2 Å². The number of fused-ring (bicyclic) bond motifs is 3. The molecule has 2 aromatic carbocycles. The van der Waals surface area contributed by atoms with Gasteiger partial charge in [-0.05, 0) is 35.9 Å². The molecule has 0 fully saturated rings. The quantitative estimate of drug-likeness (QED) is 0.528. The highest BCUT2D eigenvalue weighted by atomic mass is 16.3. The fraction of sp³-hybridized carbons (Fsp3) is 0.0588. The summed E-state index contributed by atoms with van der Waals surface area (Å²) >= 11 is 0. The molecule has 6 nitrogen and oxygen atoms in total. The van der Waals surface area contributed by atoms with E-state index in [2.05, 4.69) is 14.5 Å². The lowest BCUT2D eigenvalue weighted by molar-refractivity contribution is 0.475. The highest BCUT2D eigenvalue weighted by Crippen LogP contribution is 2.29. The fourth-order valence-electron chi connectivity index (χ4n) is 2.89. The number of benzene rings is 2. The third kappa shape index (κ3) is 2.20. The molecule has 0 atom stereocenters. The molecule has 6 heteroatoms. The molecule has 0 radical (unpaired) electrons. The first-order valence-electron chi connectivity index (χ1n) is 7.20. The molecule has 0 unspecified atom stereocenters.